The Morgan fingerprint density at radius 1 is 1.03 bits per heavy atom. The fraction of sp³-hybridized carbons (Fsp3) is 0.346. The average molecular weight is 464 g/mol. The molecule has 4 aromatic rings. The molecule has 2 aromatic carbocycles. The molecule has 0 aliphatic heterocycles. The molecule has 6 nitrogen and oxygen atoms in total. The number of rotatable bonds is 3. The van der Waals surface area contributed by atoms with Crippen molar-refractivity contribution in [3.8, 4) is 22.9 Å². The lowest BCUT2D eigenvalue weighted by atomic mass is 9.78. The molecule has 0 fully saturated rings. The largest absolute Gasteiger partial charge is 0.507 e. The summed E-state index contributed by atoms with van der Waals surface area (Å²) in [6, 6.07) is 11.4. The van der Waals surface area contributed by atoms with Crippen LogP contribution in [0.1, 0.15) is 58.2 Å². The van der Waals surface area contributed by atoms with Gasteiger partial charge in [0.1, 0.15) is 11.5 Å². The van der Waals surface area contributed by atoms with Crippen LogP contribution in [0.4, 0.5) is 0 Å². The molecule has 0 bridgehead atoms. The number of fused-ring (bicyclic) bond motifs is 1. The zero-order chi connectivity index (χ0) is 24.1. The number of aromatic hydroxyl groups is 1. The van der Waals surface area contributed by atoms with Gasteiger partial charge in [0, 0.05) is 11.1 Å². The topological polar surface area (TPSA) is 76.7 Å². The summed E-state index contributed by atoms with van der Waals surface area (Å²) >= 11 is 1.30. The highest BCUT2D eigenvalue weighted by molar-refractivity contribution is 7.15. The van der Waals surface area contributed by atoms with Crippen molar-refractivity contribution in [1.29, 1.82) is 0 Å². The van der Waals surface area contributed by atoms with Gasteiger partial charge in [0.15, 0.2) is 5.82 Å². The Kier molecular flexibility index (Phi) is 5.56. The van der Waals surface area contributed by atoms with E-state index in [1.807, 2.05) is 42.5 Å². The summed E-state index contributed by atoms with van der Waals surface area (Å²) in [6.07, 6.45) is 1.86. The molecule has 0 spiro atoms. The minimum absolute atomic E-state index is 0.216. The number of hydrogen-bond acceptors (Lipinski definition) is 6. The molecule has 7 heteroatoms. The van der Waals surface area contributed by atoms with Crippen LogP contribution in [-0.4, -0.2) is 26.8 Å². The predicted octanol–water partition coefficient (Wildman–Crippen LogP) is 4.67. The predicted molar refractivity (Wildman–Crippen MR) is 133 cm³/mol. The first-order valence-corrected chi connectivity index (χ1v) is 11.6. The van der Waals surface area contributed by atoms with Gasteiger partial charge in [0.05, 0.1) is 17.2 Å². The second-order valence-corrected chi connectivity index (χ2v) is 11.2. The van der Waals surface area contributed by atoms with Gasteiger partial charge < -0.3 is 9.84 Å². The Bertz CT molecular complexity index is 1420. The van der Waals surface area contributed by atoms with Crippen molar-refractivity contribution < 1.29 is 9.84 Å². The van der Waals surface area contributed by atoms with Crippen molar-refractivity contribution in [2.45, 2.75) is 52.4 Å². The van der Waals surface area contributed by atoms with Gasteiger partial charge in [-0.2, -0.15) is 9.50 Å². The number of thiazole rings is 1. The summed E-state index contributed by atoms with van der Waals surface area (Å²) in [5.41, 5.74) is 2.61. The number of aromatic nitrogens is 3. The maximum absolute atomic E-state index is 13.1. The molecule has 0 aliphatic carbocycles. The highest BCUT2D eigenvalue weighted by Crippen LogP contribution is 2.40. The second kappa shape index (κ2) is 7.99. The van der Waals surface area contributed by atoms with Gasteiger partial charge in [0.2, 0.25) is 4.96 Å². The van der Waals surface area contributed by atoms with Crippen LogP contribution in [0.5, 0.6) is 11.5 Å². The third-order valence-electron chi connectivity index (χ3n) is 5.58. The van der Waals surface area contributed by atoms with E-state index in [0.717, 1.165) is 22.3 Å². The Morgan fingerprint density at radius 2 is 1.64 bits per heavy atom. The SMILES string of the molecule is COc1ccccc1-c1nc2s/c(=C\c3cc(C(C)(C)C)c(O)c(C(C)(C)C)c3)c(=O)n2n1. The lowest BCUT2D eigenvalue weighted by Crippen LogP contribution is -2.24. The third-order valence-corrected chi connectivity index (χ3v) is 6.53. The molecule has 0 saturated carbocycles. The number of nitrogens with zero attached hydrogens (tertiary/aromatic N) is 3. The van der Waals surface area contributed by atoms with Gasteiger partial charge in [-0.05, 0) is 46.7 Å². The monoisotopic (exact) mass is 463 g/mol. The van der Waals surface area contributed by atoms with Crippen molar-refractivity contribution >= 4 is 22.4 Å². The quantitative estimate of drug-likeness (QED) is 0.478. The van der Waals surface area contributed by atoms with Crippen LogP contribution >= 0.6 is 11.3 Å². The van der Waals surface area contributed by atoms with E-state index >= 15 is 0 Å². The standard InChI is InChI=1S/C26H29N3O3S/c1-25(2,3)17-12-15(13-18(21(17)30)26(4,5)6)14-20-23(31)29-24(33-20)27-22(28-29)16-10-8-9-11-19(16)32-7/h8-14,30H,1-7H3/b20-14-. The van der Waals surface area contributed by atoms with Crippen LogP contribution in [0.15, 0.2) is 41.2 Å². The molecule has 2 aromatic heterocycles. The molecular formula is C26H29N3O3S. The number of ether oxygens (including phenoxy) is 1. The highest BCUT2D eigenvalue weighted by atomic mass is 32.1. The van der Waals surface area contributed by atoms with E-state index in [2.05, 4.69) is 51.6 Å². The van der Waals surface area contributed by atoms with E-state index in [0.29, 0.717) is 26.8 Å². The van der Waals surface area contributed by atoms with Gasteiger partial charge in [0.25, 0.3) is 5.56 Å². The maximum Gasteiger partial charge on any atom is 0.291 e. The van der Waals surface area contributed by atoms with E-state index in [1.165, 1.54) is 15.9 Å². The Balaban J connectivity index is 1.87. The van der Waals surface area contributed by atoms with Crippen molar-refractivity contribution in [1.82, 2.24) is 14.6 Å². The van der Waals surface area contributed by atoms with Crippen LogP contribution < -0.4 is 14.8 Å². The fourth-order valence-corrected chi connectivity index (χ4v) is 4.72. The van der Waals surface area contributed by atoms with Crippen LogP contribution in [0.2, 0.25) is 0 Å². The summed E-state index contributed by atoms with van der Waals surface area (Å²) in [5.74, 6) is 1.43. The molecule has 0 atom stereocenters. The minimum Gasteiger partial charge on any atom is -0.507 e. The van der Waals surface area contributed by atoms with Crippen LogP contribution in [0.3, 0.4) is 0 Å². The van der Waals surface area contributed by atoms with E-state index in [4.69, 9.17) is 4.74 Å². The highest BCUT2D eigenvalue weighted by Gasteiger charge is 2.26. The molecular weight excluding hydrogens is 434 g/mol. The lowest BCUT2D eigenvalue weighted by molar-refractivity contribution is 0.416. The summed E-state index contributed by atoms with van der Waals surface area (Å²) in [6.45, 7) is 12.4. The van der Waals surface area contributed by atoms with Gasteiger partial charge >= 0.3 is 0 Å². The van der Waals surface area contributed by atoms with Crippen molar-refractivity contribution in [2.24, 2.45) is 0 Å². The van der Waals surface area contributed by atoms with E-state index in [-0.39, 0.29) is 16.4 Å². The maximum atomic E-state index is 13.1. The van der Waals surface area contributed by atoms with E-state index in [1.54, 1.807) is 7.11 Å². The minimum atomic E-state index is -0.247. The Hall–Kier alpha value is -3.19. The summed E-state index contributed by atoms with van der Waals surface area (Å²) in [7, 11) is 1.60. The first-order valence-electron chi connectivity index (χ1n) is 10.8. The smallest absolute Gasteiger partial charge is 0.291 e. The van der Waals surface area contributed by atoms with Gasteiger partial charge in [-0.15, -0.1) is 5.10 Å². The molecule has 2 heterocycles. The molecule has 0 unspecified atom stereocenters. The normalized spacial score (nSPS) is 13.1. The molecule has 172 valence electrons. The van der Waals surface area contributed by atoms with E-state index in [9.17, 15) is 9.90 Å². The van der Waals surface area contributed by atoms with Gasteiger partial charge in [-0.3, -0.25) is 4.79 Å². The zero-order valence-corrected chi connectivity index (χ0v) is 20.9. The van der Waals surface area contributed by atoms with Gasteiger partial charge in [-0.1, -0.05) is 65.0 Å². The molecule has 0 aliphatic rings. The second-order valence-electron chi connectivity index (χ2n) is 10.2. The number of hydrogen-bond donors (Lipinski definition) is 1. The number of para-hydroxylation sites is 1. The first-order chi connectivity index (χ1) is 15.4. The molecule has 0 radical (unpaired) electrons. The summed E-state index contributed by atoms with van der Waals surface area (Å²) < 4.78 is 7.29. The van der Waals surface area contributed by atoms with Crippen LogP contribution in [0, 0.1) is 0 Å². The molecule has 33 heavy (non-hydrogen) atoms. The zero-order valence-electron chi connectivity index (χ0n) is 20.1. The Morgan fingerprint density at radius 3 is 2.18 bits per heavy atom. The molecule has 0 saturated heterocycles. The lowest BCUT2D eigenvalue weighted by Gasteiger charge is -2.27. The number of phenolic OH excluding ortho intramolecular Hbond substituents is 1. The van der Waals surface area contributed by atoms with Crippen LogP contribution in [-0.2, 0) is 10.8 Å². The first kappa shape index (κ1) is 23.0. The number of phenols is 1. The molecule has 1 N–H and O–H groups in total. The summed E-state index contributed by atoms with van der Waals surface area (Å²) in [4.78, 5) is 18.2. The van der Waals surface area contributed by atoms with Crippen LogP contribution in [0.25, 0.3) is 22.4 Å². The van der Waals surface area contributed by atoms with Crippen molar-refractivity contribution in [3.05, 3.63) is 68.0 Å². The summed E-state index contributed by atoms with van der Waals surface area (Å²) in [5, 5.41) is 15.4. The number of methoxy groups -OCH3 is 1. The van der Waals surface area contributed by atoms with Crippen molar-refractivity contribution in [3.63, 3.8) is 0 Å². The van der Waals surface area contributed by atoms with E-state index < -0.39 is 0 Å². The van der Waals surface area contributed by atoms with Crippen molar-refractivity contribution in [2.75, 3.05) is 7.11 Å². The Labute approximate surface area is 197 Å². The fourth-order valence-electron chi connectivity index (χ4n) is 3.81. The molecule has 4 rings (SSSR count). The molecule has 0 amide bonds. The third kappa shape index (κ3) is 4.25. The van der Waals surface area contributed by atoms with Gasteiger partial charge in [-0.25, -0.2) is 0 Å². The number of benzene rings is 2. The average Bonchev–Trinajstić information content (AvgIpc) is 3.27.